The van der Waals surface area contributed by atoms with Gasteiger partial charge in [0.15, 0.2) is 23.0 Å². The van der Waals surface area contributed by atoms with E-state index in [2.05, 4.69) is 24.7 Å². The maximum Gasteiger partial charge on any atom is 0.265 e. The lowest BCUT2D eigenvalue weighted by molar-refractivity contribution is -0.0529. The molecule has 0 spiro atoms. The van der Waals surface area contributed by atoms with Crippen molar-refractivity contribution in [2.45, 2.75) is 37.4 Å². The van der Waals surface area contributed by atoms with Crippen LogP contribution in [0.3, 0.4) is 0 Å². The summed E-state index contributed by atoms with van der Waals surface area (Å²) in [6.45, 7) is -9.10. The van der Waals surface area contributed by atoms with Crippen LogP contribution in [0.5, 0.6) is 5.75 Å². The molecule has 206 valence electrons. The Balaban J connectivity index is 1.79. The van der Waals surface area contributed by atoms with E-state index >= 15 is 4.39 Å². The van der Waals surface area contributed by atoms with E-state index in [0.717, 1.165) is 23.3 Å². The molecule has 10 nitrogen and oxygen atoms in total. The van der Waals surface area contributed by atoms with E-state index in [1.807, 2.05) is 0 Å². The van der Waals surface area contributed by atoms with E-state index in [0.29, 0.717) is 18.3 Å². The lowest BCUT2D eigenvalue weighted by Gasteiger charge is -2.44. The van der Waals surface area contributed by atoms with E-state index in [-0.39, 0.29) is 21.9 Å². The largest absolute Gasteiger partial charge is 0.494 e. The average molecular weight is 556 g/mol. The van der Waals surface area contributed by atoms with Crippen molar-refractivity contribution in [3.63, 3.8) is 0 Å². The Bertz CT molecular complexity index is 1880. The minimum absolute atomic E-state index is 0.0696. The Labute approximate surface area is 232 Å². The minimum Gasteiger partial charge on any atom is -0.494 e. The van der Waals surface area contributed by atoms with Gasteiger partial charge in [-0.15, -0.1) is 0 Å². The van der Waals surface area contributed by atoms with E-state index < -0.39 is 97.3 Å². The number of hydrogen-bond donors (Lipinski definition) is 3. The van der Waals surface area contributed by atoms with Crippen molar-refractivity contribution < 1.29 is 39.7 Å². The van der Waals surface area contributed by atoms with Crippen molar-refractivity contribution in [2.24, 2.45) is 5.73 Å². The number of nitrogen functional groups attached to an aromatic ring is 1. The van der Waals surface area contributed by atoms with Crippen LogP contribution in [-0.2, 0) is 6.50 Å². The fourth-order valence-corrected chi connectivity index (χ4v) is 3.99. The molecule has 0 bridgehead atoms. The van der Waals surface area contributed by atoms with Crippen LogP contribution in [0, 0.1) is 11.6 Å². The van der Waals surface area contributed by atoms with Crippen molar-refractivity contribution >= 4 is 22.7 Å². The van der Waals surface area contributed by atoms with Crippen LogP contribution in [0.2, 0.25) is 0 Å². The molecule has 4 aromatic rings. The highest BCUT2D eigenvalue weighted by atomic mass is 19.3. The highest BCUT2D eigenvalue weighted by Gasteiger charge is 2.43. The van der Waals surface area contributed by atoms with Crippen molar-refractivity contribution in [3.05, 3.63) is 54.2 Å². The number of imidazole rings is 1. The predicted molar refractivity (Wildman–Crippen MR) is 135 cm³/mol. The first kappa shape index (κ1) is 17.5. The summed E-state index contributed by atoms with van der Waals surface area (Å²) in [5, 5.41) is 10.3. The van der Waals surface area contributed by atoms with Gasteiger partial charge in [-0.1, -0.05) is 0 Å². The molecule has 1 aliphatic rings. The number of ether oxygens (including phenoxy) is 1. The molecule has 5 rings (SSSR count). The topological polar surface area (TPSA) is 141 Å². The van der Waals surface area contributed by atoms with Crippen LogP contribution in [0.1, 0.15) is 30.7 Å². The highest BCUT2D eigenvalue weighted by Crippen LogP contribution is 2.34. The van der Waals surface area contributed by atoms with E-state index in [1.54, 1.807) is 0 Å². The Morgan fingerprint density at radius 3 is 2.82 bits per heavy atom. The molecule has 1 aromatic carbocycles. The third-order valence-electron chi connectivity index (χ3n) is 6.03. The SMILES string of the molecule is [2H]C([2H])([2H])Oc1cc(F)c(-c2cc(C([2H])([2H])n3cnc4c(N)ncnc43)c(N3C([2H])([2H])CC[C@](N)([C@H](O)C(F)F)C3([2H])[2H])cn2)cc1F. The Hall–Kier alpha value is -4.04. The zero-order valence-electron chi connectivity index (χ0n) is 28.7. The van der Waals surface area contributed by atoms with Crippen molar-refractivity contribution in [3.8, 4) is 17.0 Å². The van der Waals surface area contributed by atoms with Crippen LogP contribution in [-0.4, -0.2) is 67.7 Å². The molecule has 39 heavy (non-hydrogen) atoms. The monoisotopic (exact) mass is 555 g/mol. The second kappa shape index (κ2) is 10.3. The minimum atomic E-state index is -3.56. The zero-order chi connectivity index (χ0) is 35.8. The smallest absolute Gasteiger partial charge is 0.265 e. The molecule has 0 saturated carbocycles. The molecule has 0 unspecified atom stereocenters. The van der Waals surface area contributed by atoms with Crippen molar-refractivity contribution in [1.29, 1.82) is 0 Å². The Morgan fingerprint density at radius 2 is 2.05 bits per heavy atom. The number of alkyl halides is 2. The van der Waals surface area contributed by atoms with Gasteiger partial charge >= 0.3 is 0 Å². The van der Waals surface area contributed by atoms with Gasteiger partial charge in [0.25, 0.3) is 6.43 Å². The molecule has 4 heterocycles. The number of aliphatic hydroxyl groups excluding tert-OH is 1. The quantitative estimate of drug-likeness (QED) is 0.294. The first-order chi connectivity index (χ1) is 22.0. The molecule has 1 saturated heterocycles. The van der Waals surface area contributed by atoms with Gasteiger partial charge in [-0.05, 0) is 30.5 Å². The van der Waals surface area contributed by atoms with Gasteiger partial charge in [0.1, 0.15) is 23.8 Å². The number of fused-ring (bicyclic) bond motifs is 1. The second-order valence-corrected chi connectivity index (χ2v) is 8.53. The summed E-state index contributed by atoms with van der Waals surface area (Å²) in [4.78, 5) is 16.1. The molecule has 0 aliphatic carbocycles. The molecular weight excluding hydrogens is 520 g/mol. The van der Waals surface area contributed by atoms with Gasteiger partial charge in [-0.3, -0.25) is 4.98 Å². The lowest BCUT2D eigenvalue weighted by atomic mass is 9.84. The van der Waals surface area contributed by atoms with Crippen molar-refractivity contribution in [1.82, 2.24) is 24.5 Å². The van der Waals surface area contributed by atoms with Gasteiger partial charge in [0.2, 0.25) is 0 Å². The third kappa shape index (κ3) is 4.92. The predicted octanol–water partition coefficient (Wildman–Crippen LogP) is 2.73. The molecule has 1 aliphatic heterocycles. The number of benzene rings is 1. The number of nitrogens with zero attached hydrogens (tertiary/aromatic N) is 6. The maximum atomic E-state index is 15.4. The van der Waals surface area contributed by atoms with Crippen molar-refractivity contribution in [2.75, 3.05) is 30.7 Å². The van der Waals surface area contributed by atoms with Gasteiger partial charge < -0.3 is 30.8 Å². The number of methoxy groups -OCH3 is 1. The molecule has 1 fully saturated rings. The molecule has 5 N–H and O–H groups in total. The van der Waals surface area contributed by atoms with E-state index in [9.17, 15) is 21.0 Å². The number of halogens is 4. The van der Waals surface area contributed by atoms with Gasteiger partial charge in [0.05, 0.1) is 52.6 Å². The van der Waals surface area contributed by atoms with Crippen LogP contribution in [0.25, 0.3) is 22.4 Å². The second-order valence-electron chi connectivity index (χ2n) is 8.53. The maximum absolute atomic E-state index is 15.4. The number of aliphatic hydroxyl groups is 1. The Kier molecular flexibility index (Phi) is 4.61. The van der Waals surface area contributed by atoms with Gasteiger partial charge in [0, 0.05) is 27.4 Å². The third-order valence-corrected chi connectivity index (χ3v) is 6.03. The number of aromatic nitrogens is 5. The molecule has 0 amide bonds. The fraction of sp³-hybridized carbons (Fsp3) is 0.360. The lowest BCUT2D eigenvalue weighted by Crippen LogP contribution is -2.63. The van der Waals surface area contributed by atoms with Gasteiger partial charge in [-0.2, -0.15) is 0 Å². The fourth-order valence-electron chi connectivity index (χ4n) is 3.99. The molecule has 0 radical (unpaired) electrons. The molecule has 2 atom stereocenters. The first-order valence-corrected chi connectivity index (χ1v) is 11.2. The molecule has 3 aromatic heterocycles. The van der Waals surface area contributed by atoms with Crippen LogP contribution < -0.4 is 21.1 Å². The van der Waals surface area contributed by atoms with Gasteiger partial charge in [-0.25, -0.2) is 32.5 Å². The summed E-state index contributed by atoms with van der Waals surface area (Å²) in [6.07, 6.45) is -5.22. The van der Waals surface area contributed by atoms with E-state index in [4.69, 9.17) is 21.1 Å². The Morgan fingerprint density at radius 1 is 1.23 bits per heavy atom. The van der Waals surface area contributed by atoms with Crippen LogP contribution in [0.15, 0.2) is 37.1 Å². The number of piperidine rings is 1. The summed E-state index contributed by atoms with van der Waals surface area (Å²) in [5.41, 5.74) is 6.25. The number of anilines is 2. The number of nitrogens with two attached hydrogens (primary N) is 2. The highest BCUT2D eigenvalue weighted by molar-refractivity contribution is 5.81. The van der Waals surface area contributed by atoms with Crippen LogP contribution in [0.4, 0.5) is 29.1 Å². The summed E-state index contributed by atoms with van der Waals surface area (Å²) < 4.78 is 138. The normalized spacial score (nSPS) is 25.3. The zero-order valence-corrected chi connectivity index (χ0v) is 19.7. The summed E-state index contributed by atoms with van der Waals surface area (Å²) in [6, 6.07) is 1.75. The standard InChI is InChI=1S/C25H26F4N8O2/c1-39-19-7-15(26)14(6-16(19)27)17-5-13(9-37-12-35-20-23(30)33-11-34-24(20)37)18(8-32-17)36-4-2-3-25(31,10-36)21(38)22(28)29/h5-8,11-12,21-22,38H,2-4,9-10,31H2,1H3,(H2,30,33,34)/t21-,25-/m1/s1/i1D3,4D2,9D2,10D2. The van der Waals surface area contributed by atoms with Crippen LogP contribution >= 0.6 is 0 Å². The number of hydrogen-bond acceptors (Lipinski definition) is 9. The molecule has 14 heteroatoms. The summed E-state index contributed by atoms with van der Waals surface area (Å²) in [5.74, 6) is -3.75. The number of rotatable bonds is 7. The first-order valence-electron chi connectivity index (χ1n) is 15.7. The average Bonchev–Trinajstić information content (AvgIpc) is 3.42. The molecular formula is C25H26F4N8O2. The summed E-state index contributed by atoms with van der Waals surface area (Å²) in [7, 11) is -3.14. The number of pyridine rings is 1. The summed E-state index contributed by atoms with van der Waals surface area (Å²) >= 11 is 0. The van der Waals surface area contributed by atoms with E-state index in [1.165, 1.54) is 0 Å².